The zero-order valence-corrected chi connectivity index (χ0v) is 13.8. The summed E-state index contributed by atoms with van der Waals surface area (Å²) in [6, 6.07) is 14.2. The highest BCUT2D eigenvalue weighted by atomic mass is 16.4. The van der Waals surface area contributed by atoms with E-state index in [1.54, 1.807) is 28.8 Å². The van der Waals surface area contributed by atoms with Crippen molar-refractivity contribution in [2.24, 2.45) is 0 Å². The minimum absolute atomic E-state index is 0.114. The van der Waals surface area contributed by atoms with E-state index in [0.717, 1.165) is 36.1 Å². The minimum atomic E-state index is -0.723. The molecule has 3 heterocycles. The Kier molecular flexibility index (Phi) is 3.96. The fraction of sp³-hybridized carbons (Fsp3) is 0.158. The predicted molar refractivity (Wildman–Crippen MR) is 97.4 cm³/mol. The Hall–Kier alpha value is -3.48. The number of H-pyrrole nitrogens is 1. The van der Waals surface area contributed by atoms with Crippen molar-refractivity contribution < 1.29 is 4.42 Å². The van der Waals surface area contributed by atoms with Crippen molar-refractivity contribution in [2.45, 2.75) is 19.4 Å². The van der Waals surface area contributed by atoms with Crippen LogP contribution in [0.2, 0.25) is 0 Å². The summed E-state index contributed by atoms with van der Waals surface area (Å²) >= 11 is 0. The molecule has 4 aromatic rings. The fourth-order valence-electron chi connectivity index (χ4n) is 3.08. The molecule has 0 saturated heterocycles. The molecule has 1 N–H and O–H groups in total. The molecule has 0 saturated carbocycles. The van der Waals surface area contributed by atoms with E-state index in [0.29, 0.717) is 10.9 Å². The smallest absolute Gasteiger partial charge is 0.372 e. The van der Waals surface area contributed by atoms with Gasteiger partial charge in [0.2, 0.25) is 0 Å². The molecule has 1 aliphatic rings. The van der Waals surface area contributed by atoms with Crippen LogP contribution < -0.4 is 16.9 Å². The largest absolute Gasteiger partial charge is 0.419 e. The van der Waals surface area contributed by atoms with Gasteiger partial charge in [-0.1, -0.05) is 24.3 Å². The van der Waals surface area contributed by atoms with Crippen molar-refractivity contribution in [2.75, 3.05) is 0 Å². The third kappa shape index (κ3) is 2.83. The van der Waals surface area contributed by atoms with Gasteiger partial charge >= 0.3 is 11.4 Å². The lowest BCUT2D eigenvalue weighted by Gasteiger charge is -2.03. The average Bonchev–Trinajstić information content (AvgIpc) is 3.11. The van der Waals surface area contributed by atoms with Gasteiger partial charge in [-0.2, -0.15) is 0 Å². The van der Waals surface area contributed by atoms with Crippen LogP contribution in [0.3, 0.4) is 0 Å². The van der Waals surface area contributed by atoms with Crippen LogP contribution in [0.5, 0.6) is 0 Å². The van der Waals surface area contributed by atoms with E-state index in [1.807, 2.05) is 24.3 Å². The molecule has 0 aliphatic carbocycles. The second-order valence-electron chi connectivity index (χ2n) is 5.95. The number of nitrogens with zero attached hydrogens (tertiary/aromatic N) is 2. The molecule has 26 heavy (non-hydrogen) atoms. The molecule has 2 aromatic carbocycles. The van der Waals surface area contributed by atoms with E-state index >= 15 is 0 Å². The van der Waals surface area contributed by atoms with Crippen molar-refractivity contribution in [1.82, 2.24) is 14.5 Å². The summed E-state index contributed by atoms with van der Waals surface area (Å²) in [6.07, 6.45) is 1.97. The first-order valence-corrected chi connectivity index (χ1v) is 8.24. The molecule has 5 rings (SSSR count). The SMILES string of the molecule is O=c1[nH]c2ccccc2c(=O)o1.O=c1c2ccccc2nc2n1CCC2. The maximum Gasteiger partial charge on any atom is 0.419 e. The lowest BCUT2D eigenvalue weighted by Crippen LogP contribution is -2.20. The van der Waals surface area contributed by atoms with Crippen LogP contribution in [0.1, 0.15) is 12.2 Å². The molecule has 7 heteroatoms. The molecule has 0 bridgehead atoms. The summed E-state index contributed by atoms with van der Waals surface area (Å²) in [4.78, 5) is 40.5. The van der Waals surface area contributed by atoms with Crippen LogP contribution in [0, 0.1) is 0 Å². The Balaban J connectivity index is 0.000000131. The van der Waals surface area contributed by atoms with Crippen molar-refractivity contribution >= 4 is 21.8 Å². The molecule has 2 aromatic heterocycles. The van der Waals surface area contributed by atoms with Gasteiger partial charge in [0.05, 0.1) is 21.8 Å². The molecule has 0 atom stereocenters. The molecule has 0 spiro atoms. The second-order valence-corrected chi connectivity index (χ2v) is 5.95. The number of benzene rings is 2. The van der Waals surface area contributed by atoms with Crippen LogP contribution in [0.15, 0.2) is 67.3 Å². The maximum atomic E-state index is 11.9. The number of para-hydroxylation sites is 2. The van der Waals surface area contributed by atoms with Crippen molar-refractivity contribution in [3.05, 3.63) is 85.7 Å². The van der Waals surface area contributed by atoms with Crippen LogP contribution in [-0.2, 0) is 13.0 Å². The van der Waals surface area contributed by atoms with Gasteiger partial charge in [-0.3, -0.25) is 14.3 Å². The second kappa shape index (κ2) is 6.44. The van der Waals surface area contributed by atoms with E-state index in [4.69, 9.17) is 0 Å². The number of hydrogen-bond donors (Lipinski definition) is 1. The molecule has 0 unspecified atom stereocenters. The number of rotatable bonds is 0. The van der Waals surface area contributed by atoms with Crippen molar-refractivity contribution in [3.63, 3.8) is 0 Å². The fourth-order valence-corrected chi connectivity index (χ4v) is 3.08. The highest BCUT2D eigenvalue weighted by Gasteiger charge is 2.14. The number of nitrogens with one attached hydrogen (secondary N) is 1. The number of fused-ring (bicyclic) bond motifs is 3. The van der Waals surface area contributed by atoms with Gasteiger partial charge in [-0.05, 0) is 30.7 Å². The average molecular weight is 349 g/mol. The van der Waals surface area contributed by atoms with Gasteiger partial charge in [-0.25, -0.2) is 14.6 Å². The zero-order chi connectivity index (χ0) is 18.1. The van der Waals surface area contributed by atoms with E-state index in [-0.39, 0.29) is 5.56 Å². The molecule has 0 radical (unpaired) electrons. The van der Waals surface area contributed by atoms with Gasteiger partial charge in [0.1, 0.15) is 5.82 Å². The minimum Gasteiger partial charge on any atom is -0.372 e. The zero-order valence-electron chi connectivity index (χ0n) is 13.8. The third-order valence-corrected chi connectivity index (χ3v) is 4.29. The third-order valence-electron chi connectivity index (χ3n) is 4.29. The molecule has 0 amide bonds. The first-order chi connectivity index (χ1) is 12.6. The summed E-state index contributed by atoms with van der Waals surface area (Å²) in [5.41, 5.74) is 0.835. The summed E-state index contributed by atoms with van der Waals surface area (Å²) in [5.74, 6) is 0.215. The normalized spacial score (nSPS) is 12.6. The summed E-state index contributed by atoms with van der Waals surface area (Å²) in [5, 5.41) is 1.12. The van der Waals surface area contributed by atoms with E-state index in [2.05, 4.69) is 14.4 Å². The Morgan fingerprint density at radius 3 is 2.54 bits per heavy atom. The topological polar surface area (TPSA) is 98.0 Å². The first-order valence-electron chi connectivity index (χ1n) is 8.24. The summed E-state index contributed by atoms with van der Waals surface area (Å²) in [6.45, 7) is 0.825. The Bertz CT molecular complexity index is 1280. The highest BCUT2D eigenvalue weighted by molar-refractivity contribution is 5.77. The standard InChI is InChI=1S/C11H10N2O.C8H5NO3/c14-11-8-4-1-2-5-9(8)12-10-6-3-7-13(10)11;10-7-5-3-1-2-4-6(5)9-8(11)12-7/h1-2,4-5H,3,6-7H2;1-4H,(H,9,11). The number of aryl methyl sites for hydroxylation is 1. The highest BCUT2D eigenvalue weighted by Crippen LogP contribution is 2.13. The van der Waals surface area contributed by atoms with Crippen LogP contribution >= 0.6 is 0 Å². The van der Waals surface area contributed by atoms with Gasteiger partial charge in [0, 0.05) is 13.0 Å². The summed E-state index contributed by atoms with van der Waals surface area (Å²) in [7, 11) is 0. The Morgan fingerprint density at radius 1 is 0.962 bits per heavy atom. The number of aromatic nitrogens is 3. The predicted octanol–water partition coefficient (Wildman–Crippen LogP) is 1.82. The molecule has 0 fully saturated rings. The van der Waals surface area contributed by atoms with Crippen molar-refractivity contribution in [3.8, 4) is 0 Å². The van der Waals surface area contributed by atoms with E-state index in [9.17, 15) is 14.4 Å². The molecular formula is C19H15N3O4. The van der Waals surface area contributed by atoms with Gasteiger partial charge in [0.15, 0.2) is 0 Å². The first kappa shape index (κ1) is 16.0. The van der Waals surface area contributed by atoms with Crippen LogP contribution in [0.25, 0.3) is 21.8 Å². The van der Waals surface area contributed by atoms with E-state index < -0.39 is 11.4 Å². The van der Waals surface area contributed by atoms with Crippen LogP contribution in [-0.4, -0.2) is 14.5 Å². The molecule has 1 aliphatic heterocycles. The summed E-state index contributed by atoms with van der Waals surface area (Å²) < 4.78 is 6.12. The van der Waals surface area contributed by atoms with Gasteiger partial charge in [0.25, 0.3) is 5.56 Å². The number of hydrogen-bond acceptors (Lipinski definition) is 5. The number of aromatic amines is 1. The molecule has 130 valence electrons. The van der Waals surface area contributed by atoms with Crippen molar-refractivity contribution in [1.29, 1.82) is 0 Å². The lowest BCUT2D eigenvalue weighted by atomic mass is 10.2. The lowest BCUT2D eigenvalue weighted by molar-refractivity contribution is 0.460. The molecular weight excluding hydrogens is 334 g/mol. The van der Waals surface area contributed by atoms with Gasteiger partial charge < -0.3 is 4.42 Å². The van der Waals surface area contributed by atoms with Gasteiger partial charge in [-0.15, -0.1) is 0 Å². The maximum absolute atomic E-state index is 11.9. The van der Waals surface area contributed by atoms with E-state index in [1.165, 1.54) is 0 Å². The Morgan fingerprint density at radius 2 is 1.69 bits per heavy atom. The quantitative estimate of drug-likeness (QED) is 0.522. The monoisotopic (exact) mass is 349 g/mol. The Labute approximate surface area is 146 Å². The molecule has 7 nitrogen and oxygen atoms in total. The van der Waals surface area contributed by atoms with Crippen LogP contribution in [0.4, 0.5) is 0 Å².